The number of rotatable bonds is 26. The maximum absolute atomic E-state index is 12.0. The van der Waals surface area contributed by atoms with Gasteiger partial charge in [-0.2, -0.15) is 0 Å². The quantitative estimate of drug-likeness (QED) is 0.0722. The Morgan fingerprint density at radius 1 is 0.576 bits per heavy atom. The van der Waals surface area contributed by atoms with Crippen LogP contribution in [-0.2, 0) is 9.53 Å². The summed E-state index contributed by atoms with van der Waals surface area (Å²) < 4.78 is 5.59. The summed E-state index contributed by atoms with van der Waals surface area (Å²) in [5.41, 5.74) is 0. The third-order valence-electron chi connectivity index (χ3n) is 6.69. The highest BCUT2D eigenvalue weighted by atomic mass is 16.5. The van der Waals surface area contributed by atoms with E-state index in [-0.39, 0.29) is 12.1 Å². The first kappa shape index (κ1) is 32.2. The summed E-state index contributed by atoms with van der Waals surface area (Å²) in [5, 5.41) is 0. The lowest BCUT2D eigenvalue weighted by Crippen LogP contribution is -2.14. The van der Waals surface area contributed by atoms with Gasteiger partial charge in [-0.3, -0.25) is 4.79 Å². The van der Waals surface area contributed by atoms with Crippen molar-refractivity contribution in [3.63, 3.8) is 0 Å². The Labute approximate surface area is 208 Å². The van der Waals surface area contributed by atoms with E-state index in [1.807, 2.05) is 0 Å². The fourth-order valence-corrected chi connectivity index (χ4v) is 4.42. The van der Waals surface area contributed by atoms with E-state index in [9.17, 15) is 4.79 Å². The maximum Gasteiger partial charge on any atom is 0.306 e. The fraction of sp³-hybridized carbons (Fsp3) is 0.903. The molecule has 0 saturated carbocycles. The van der Waals surface area contributed by atoms with Crippen molar-refractivity contribution in [1.82, 2.24) is 0 Å². The van der Waals surface area contributed by atoms with Gasteiger partial charge in [-0.15, -0.1) is 0 Å². The number of hydrogen-bond donors (Lipinski definition) is 0. The summed E-state index contributed by atoms with van der Waals surface area (Å²) in [6, 6.07) is 0. The van der Waals surface area contributed by atoms with Crippen molar-refractivity contribution < 1.29 is 9.53 Å². The highest BCUT2D eigenvalue weighted by molar-refractivity contribution is 5.69. The topological polar surface area (TPSA) is 26.3 Å². The molecule has 0 spiro atoms. The average molecular weight is 465 g/mol. The van der Waals surface area contributed by atoms with Crippen LogP contribution in [-0.4, -0.2) is 12.1 Å². The van der Waals surface area contributed by atoms with Crippen molar-refractivity contribution in [3.05, 3.63) is 12.2 Å². The summed E-state index contributed by atoms with van der Waals surface area (Å²) in [5.74, 6) is 0.0122. The van der Waals surface area contributed by atoms with Gasteiger partial charge in [-0.1, -0.05) is 129 Å². The number of unbranched alkanes of at least 4 members (excludes halogenated alkanes) is 19. The number of carbonyl (C=O) groups is 1. The molecule has 0 bridgehead atoms. The van der Waals surface area contributed by atoms with E-state index in [2.05, 4.69) is 32.9 Å². The molecular weight excluding hydrogens is 404 g/mol. The number of ether oxygens (including phenoxy) is 1. The number of hydrogen-bond acceptors (Lipinski definition) is 2. The number of allylic oxidation sites excluding steroid dienone is 2. The van der Waals surface area contributed by atoms with Crippen molar-refractivity contribution in [2.75, 3.05) is 0 Å². The van der Waals surface area contributed by atoms with Crippen molar-refractivity contribution in [2.24, 2.45) is 0 Å². The molecule has 0 aromatic carbocycles. The largest absolute Gasteiger partial charge is 0.463 e. The predicted octanol–water partition coefficient (Wildman–Crippen LogP) is 10.9. The van der Waals surface area contributed by atoms with E-state index in [4.69, 9.17) is 4.74 Å². The standard InChI is InChI=1S/C31H60O2/c1-4-6-8-10-12-14-15-16-17-18-19-21-22-24-26-28-30(3)33-31(32)29-27-25-23-20-13-11-9-7-5-2/h16-17,30H,4-15,18-29H2,1-3H3/b17-16-. The summed E-state index contributed by atoms with van der Waals surface area (Å²) in [6.45, 7) is 6.60. The van der Waals surface area contributed by atoms with Crippen LogP contribution >= 0.6 is 0 Å². The van der Waals surface area contributed by atoms with Gasteiger partial charge in [-0.25, -0.2) is 0 Å². The monoisotopic (exact) mass is 464 g/mol. The van der Waals surface area contributed by atoms with Gasteiger partial charge in [0.15, 0.2) is 0 Å². The SMILES string of the molecule is CCCCCCCC/C=C\CCCCCCCC(C)OC(=O)CCCCCCCCCCC. The van der Waals surface area contributed by atoms with Crippen molar-refractivity contribution >= 4 is 5.97 Å². The zero-order valence-electron chi connectivity index (χ0n) is 23.0. The van der Waals surface area contributed by atoms with Gasteiger partial charge >= 0.3 is 5.97 Å². The summed E-state index contributed by atoms with van der Waals surface area (Å²) in [7, 11) is 0. The van der Waals surface area contributed by atoms with Crippen LogP contribution in [0.15, 0.2) is 12.2 Å². The third kappa shape index (κ3) is 27.3. The lowest BCUT2D eigenvalue weighted by molar-refractivity contribution is -0.148. The molecule has 0 saturated heterocycles. The third-order valence-corrected chi connectivity index (χ3v) is 6.69. The van der Waals surface area contributed by atoms with Gasteiger partial charge in [0.05, 0.1) is 6.10 Å². The zero-order valence-corrected chi connectivity index (χ0v) is 23.0. The fourth-order valence-electron chi connectivity index (χ4n) is 4.42. The van der Waals surface area contributed by atoms with Crippen LogP contribution in [0.25, 0.3) is 0 Å². The van der Waals surface area contributed by atoms with Crippen LogP contribution < -0.4 is 0 Å². The van der Waals surface area contributed by atoms with Gasteiger partial charge in [0.2, 0.25) is 0 Å². The first-order valence-electron chi connectivity index (χ1n) is 15.0. The molecule has 0 aromatic heterocycles. The van der Waals surface area contributed by atoms with Crippen LogP contribution in [0.5, 0.6) is 0 Å². The molecule has 0 aliphatic heterocycles. The minimum Gasteiger partial charge on any atom is -0.463 e. The lowest BCUT2D eigenvalue weighted by Gasteiger charge is -2.13. The van der Waals surface area contributed by atoms with E-state index in [0.29, 0.717) is 6.42 Å². The van der Waals surface area contributed by atoms with Crippen LogP contribution in [0, 0.1) is 0 Å². The molecule has 196 valence electrons. The zero-order chi connectivity index (χ0) is 24.2. The molecule has 0 fully saturated rings. The Morgan fingerprint density at radius 3 is 1.45 bits per heavy atom. The molecule has 1 unspecified atom stereocenters. The molecule has 0 aliphatic rings. The average Bonchev–Trinajstić information content (AvgIpc) is 2.80. The molecule has 0 aliphatic carbocycles. The van der Waals surface area contributed by atoms with Crippen LogP contribution in [0.4, 0.5) is 0 Å². The molecule has 2 heteroatoms. The van der Waals surface area contributed by atoms with E-state index >= 15 is 0 Å². The lowest BCUT2D eigenvalue weighted by atomic mass is 10.1. The molecule has 0 aromatic rings. The minimum atomic E-state index is 0.0122. The van der Waals surface area contributed by atoms with Crippen molar-refractivity contribution in [2.45, 2.75) is 181 Å². The molecule has 1 atom stereocenters. The Morgan fingerprint density at radius 2 is 0.970 bits per heavy atom. The first-order valence-corrected chi connectivity index (χ1v) is 15.0. The Kier molecular flexibility index (Phi) is 26.8. The second kappa shape index (κ2) is 27.5. The first-order chi connectivity index (χ1) is 16.2. The Bertz CT molecular complexity index is 415. The van der Waals surface area contributed by atoms with Gasteiger partial charge in [0, 0.05) is 6.42 Å². The molecule has 0 rings (SSSR count). The highest BCUT2D eigenvalue weighted by Gasteiger charge is 2.09. The highest BCUT2D eigenvalue weighted by Crippen LogP contribution is 2.14. The molecule has 0 amide bonds. The Hall–Kier alpha value is -0.790. The van der Waals surface area contributed by atoms with E-state index in [1.54, 1.807) is 0 Å². The second-order valence-corrected chi connectivity index (χ2v) is 10.3. The van der Waals surface area contributed by atoms with Crippen LogP contribution in [0.2, 0.25) is 0 Å². The molecule has 0 radical (unpaired) electrons. The number of carbonyl (C=O) groups excluding carboxylic acids is 1. The summed E-state index contributed by atoms with van der Waals surface area (Å²) >= 11 is 0. The molecule has 0 heterocycles. The maximum atomic E-state index is 12.0. The normalized spacial score (nSPS) is 12.5. The molecule has 0 N–H and O–H groups in total. The summed E-state index contributed by atoms with van der Waals surface area (Å²) in [6.07, 6.45) is 35.3. The van der Waals surface area contributed by atoms with E-state index in [1.165, 1.54) is 135 Å². The second-order valence-electron chi connectivity index (χ2n) is 10.3. The van der Waals surface area contributed by atoms with Crippen LogP contribution in [0.3, 0.4) is 0 Å². The minimum absolute atomic E-state index is 0.0122. The van der Waals surface area contributed by atoms with E-state index in [0.717, 1.165) is 12.8 Å². The van der Waals surface area contributed by atoms with Gasteiger partial charge in [0.25, 0.3) is 0 Å². The smallest absolute Gasteiger partial charge is 0.306 e. The van der Waals surface area contributed by atoms with E-state index < -0.39 is 0 Å². The predicted molar refractivity (Wildman–Crippen MR) is 147 cm³/mol. The van der Waals surface area contributed by atoms with Crippen LogP contribution in [0.1, 0.15) is 175 Å². The number of esters is 1. The van der Waals surface area contributed by atoms with Crippen molar-refractivity contribution in [1.29, 1.82) is 0 Å². The van der Waals surface area contributed by atoms with Gasteiger partial charge < -0.3 is 4.74 Å². The summed E-state index contributed by atoms with van der Waals surface area (Å²) in [4.78, 5) is 12.0. The van der Waals surface area contributed by atoms with Crippen molar-refractivity contribution in [3.8, 4) is 0 Å². The molecule has 2 nitrogen and oxygen atoms in total. The van der Waals surface area contributed by atoms with Gasteiger partial charge in [0.1, 0.15) is 0 Å². The molecule has 33 heavy (non-hydrogen) atoms. The van der Waals surface area contributed by atoms with Gasteiger partial charge in [-0.05, 0) is 51.9 Å². The Balaban J connectivity index is 3.34. The molecular formula is C31H60O2.